The molecule has 1 unspecified atom stereocenters. The lowest BCUT2D eigenvalue weighted by molar-refractivity contribution is -0.137. The largest absolute Gasteiger partial charge is 0.416 e. The van der Waals surface area contributed by atoms with Crippen LogP contribution in [0, 0.1) is 6.92 Å². The molecule has 1 heterocycles. The summed E-state index contributed by atoms with van der Waals surface area (Å²) in [5.41, 5.74) is 9.38. The lowest BCUT2D eigenvalue weighted by Gasteiger charge is -2.17. The van der Waals surface area contributed by atoms with Crippen LogP contribution in [0.3, 0.4) is 0 Å². The van der Waals surface area contributed by atoms with E-state index in [0.717, 1.165) is 28.2 Å². The standard InChI is InChI=1S/C20H21F3N2/c1-13-19(17-8-3-4-9-18(17)25(13)2)15(12-24)10-14-6-5-7-16(11-14)20(21,22)23/h3-9,11,15H,10,12,24H2,1-2H3. The van der Waals surface area contributed by atoms with Gasteiger partial charge >= 0.3 is 6.18 Å². The summed E-state index contributed by atoms with van der Waals surface area (Å²) in [6.07, 6.45) is -3.85. The molecule has 2 nitrogen and oxygen atoms in total. The highest BCUT2D eigenvalue weighted by atomic mass is 19.4. The molecule has 0 saturated carbocycles. The highest BCUT2D eigenvalue weighted by molar-refractivity contribution is 5.86. The van der Waals surface area contributed by atoms with E-state index in [1.54, 1.807) is 6.07 Å². The van der Waals surface area contributed by atoms with Crippen LogP contribution >= 0.6 is 0 Å². The van der Waals surface area contributed by atoms with Gasteiger partial charge < -0.3 is 10.3 Å². The molecule has 0 radical (unpaired) electrons. The molecule has 132 valence electrons. The molecule has 1 atom stereocenters. The van der Waals surface area contributed by atoms with Gasteiger partial charge in [0.15, 0.2) is 0 Å². The number of nitrogens with two attached hydrogens (primary N) is 1. The summed E-state index contributed by atoms with van der Waals surface area (Å²) in [7, 11) is 2.00. The fourth-order valence-electron chi connectivity index (χ4n) is 3.53. The number of hydrogen-bond acceptors (Lipinski definition) is 1. The molecule has 2 N–H and O–H groups in total. The van der Waals surface area contributed by atoms with E-state index in [9.17, 15) is 13.2 Å². The Hall–Kier alpha value is -2.27. The molecule has 5 heteroatoms. The minimum atomic E-state index is -4.33. The summed E-state index contributed by atoms with van der Waals surface area (Å²) in [5.74, 6) is -0.0328. The SMILES string of the molecule is Cc1c(C(CN)Cc2cccc(C(F)(F)F)c2)c2ccccc2n1C. The Morgan fingerprint density at radius 1 is 1.08 bits per heavy atom. The van der Waals surface area contributed by atoms with Gasteiger partial charge in [-0.25, -0.2) is 0 Å². The number of para-hydroxylation sites is 1. The molecule has 0 aliphatic carbocycles. The quantitative estimate of drug-likeness (QED) is 0.723. The molecule has 0 aliphatic rings. The van der Waals surface area contributed by atoms with Crippen molar-refractivity contribution in [1.82, 2.24) is 4.57 Å². The molecule has 0 amide bonds. The molecule has 3 aromatic rings. The fourth-order valence-corrected chi connectivity index (χ4v) is 3.53. The third kappa shape index (κ3) is 3.29. The van der Waals surface area contributed by atoms with Crippen LogP contribution in [-0.4, -0.2) is 11.1 Å². The number of benzene rings is 2. The van der Waals surface area contributed by atoms with Crippen LogP contribution in [-0.2, 0) is 19.6 Å². The second kappa shape index (κ2) is 6.56. The average molecular weight is 346 g/mol. The molecule has 3 rings (SSSR count). The van der Waals surface area contributed by atoms with Crippen molar-refractivity contribution < 1.29 is 13.2 Å². The van der Waals surface area contributed by atoms with Gasteiger partial charge in [-0.15, -0.1) is 0 Å². The molecule has 0 fully saturated rings. The van der Waals surface area contributed by atoms with Crippen LogP contribution in [0.5, 0.6) is 0 Å². The zero-order valence-corrected chi connectivity index (χ0v) is 14.3. The van der Waals surface area contributed by atoms with Gasteiger partial charge in [-0.3, -0.25) is 0 Å². The van der Waals surface area contributed by atoms with Crippen LogP contribution in [0.4, 0.5) is 13.2 Å². The lowest BCUT2D eigenvalue weighted by atomic mass is 9.89. The van der Waals surface area contributed by atoms with E-state index in [1.807, 2.05) is 38.2 Å². The van der Waals surface area contributed by atoms with Gasteiger partial charge in [0.25, 0.3) is 0 Å². The maximum atomic E-state index is 13.0. The molecule has 0 saturated heterocycles. The maximum absolute atomic E-state index is 13.0. The monoisotopic (exact) mass is 346 g/mol. The predicted molar refractivity (Wildman–Crippen MR) is 94.6 cm³/mol. The van der Waals surface area contributed by atoms with Crippen molar-refractivity contribution in [3.05, 3.63) is 70.9 Å². The highest BCUT2D eigenvalue weighted by Gasteiger charge is 2.30. The van der Waals surface area contributed by atoms with Gasteiger partial charge in [0.1, 0.15) is 0 Å². The van der Waals surface area contributed by atoms with E-state index in [2.05, 4.69) is 4.57 Å². The Balaban J connectivity index is 2.01. The first-order valence-electron chi connectivity index (χ1n) is 8.23. The van der Waals surface area contributed by atoms with Crippen molar-refractivity contribution in [2.45, 2.75) is 25.4 Å². The Labute approximate surface area is 145 Å². The Bertz CT molecular complexity index is 894. The van der Waals surface area contributed by atoms with Gasteiger partial charge in [0.05, 0.1) is 5.56 Å². The summed E-state index contributed by atoms with van der Waals surface area (Å²) in [6, 6.07) is 13.6. The predicted octanol–water partition coefficient (Wildman–Crippen LogP) is 4.79. The van der Waals surface area contributed by atoms with Crippen molar-refractivity contribution in [1.29, 1.82) is 0 Å². The third-order valence-electron chi connectivity index (χ3n) is 4.88. The number of rotatable bonds is 4. The second-order valence-corrected chi connectivity index (χ2v) is 6.41. The van der Waals surface area contributed by atoms with E-state index >= 15 is 0 Å². The van der Waals surface area contributed by atoms with Crippen LogP contribution in [0.1, 0.15) is 28.3 Å². The number of aromatic nitrogens is 1. The Morgan fingerprint density at radius 2 is 1.80 bits per heavy atom. The molecular formula is C20H21F3N2. The first kappa shape index (κ1) is 17.5. The first-order chi connectivity index (χ1) is 11.8. The van der Waals surface area contributed by atoms with Crippen LogP contribution < -0.4 is 5.73 Å². The number of nitrogens with zero attached hydrogens (tertiary/aromatic N) is 1. The summed E-state index contributed by atoms with van der Waals surface area (Å²) >= 11 is 0. The van der Waals surface area contributed by atoms with E-state index in [1.165, 1.54) is 12.1 Å². The summed E-state index contributed by atoms with van der Waals surface area (Å²) in [4.78, 5) is 0. The molecule has 0 aliphatic heterocycles. The summed E-state index contributed by atoms with van der Waals surface area (Å²) < 4.78 is 41.0. The van der Waals surface area contributed by atoms with Crippen molar-refractivity contribution in [2.75, 3.05) is 6.54 Å². The Morgan fingerprint density at radius 3 is 2.48 bits per heavy atom. The number of hydrogen-bond donors (Lipinski definition) is 1. The minimum absolute atomic E-state index is 0.0328. The molecule has 0 bridgehead atoms. The van der Waals surface area contributed by atoms with Crippen molar-refractivity contribution >= 4 is 10.9 Å². The summed E-state index contributed by atoms with van der Waals surface area (Å²) in [6.45, 7) is 2.41. The van der Waals surface area contributed by atoms with Gasteiger partial charge in [-0.1, -0.05) is 36.4 Å². The molecular weight excluding hydrogens is 325 g/mol. The van der Waals surface area contributed by atoms with E-state index in [0.29, 0.717) is 18.5 Å². The summed E-state index contributed by atoms with van der Waals surface area (Å²) in [5, 5.41) is 1.12. The smallest absolute Gasteiger partial charge is 0.348 e. The number of fused-ring (bicyclic) bond motifs is 1. The van der Waals surface area contributed by atoms with E-state index < -0.39 is 11.7 Å². The van der Waals surface area contributed by atoms with Crippen molar-refractivity contribution in [3.8, 4) is 0 Å². The van der Waals surface area contributed by atoms with E-state index in [-0.39, 0.29) is 5.92 Å². The third-order valence-corrected chi connectivity index (χ3v) is 4.88. The lowest BCUT2D eigenvalue weighted by Crippen LogP contribution is -2.16. The van der Waals surface area contributed by atoms with Gasteiger partial charge in [0.2, 0.25) is 0 Å². The number of alkyl halides is 3. The highest BCUT2D eigenvalue weighted by Crippen LogP contribution is 2.34. The Kier molecular flexibility index (Phi) is 4.60. The van der Waals surface area contributed by atoms with Crippen molar-refractivity contribution in [3.63, 3.8) is 0 Å². The molecule has 25 heavy (non-hydrogen) atoms. The maximum Gasteiger partial charge on any atom is 0.416 e. The topological polar surface area (TPSA) is 30.9 Å². The molecule has 0 spiro atoms. The van der Waals surface area contributed by atoms with Gasteiger partial charge in [-0.05, 0) is 43.1 Å². The van der Waals surface area contributed by atoms with E-state index in [4.69, 9.17) is 5.73 Å². The number of halogens is 3. The first-order valence-corrected chi connectivity index (χ1v) is 8.23. The van der Waals surface area contributed by atoms with Gasteiger partial charge in [-0.2, -0.15) is 13.2 Å². The van der Waals surface area contributed by atoms with Gasteiger partial charge in [0, 0.05) is 29.6 Å². The minimum Gasteiger partial charge on any atom is -0.348 e. The average Bonchev–Trinajstić information content (AvgIpc) is 2.84. The molecule has 2 aromatic carbocycles. The molecule has 1 aromatic heterocycles. The van der Waals surface area contributed by atoms with Crippen LogP contribution in [0.2, 0.25) is 0 Å². The zero-order chi connectivity index (χ0) is 18.2. The zero-order valence-electron chi connectivity index (χ0n) is 14.3. The second-order valence-electron chi connectivity index (χ2n) is 6.41. The number of aryl methyl sites for hydroxylation is 1. The van der Waals surface area contributed by atoms with Crippen molar-refractivity contribution in [2.24, 2.45) is 12.8 Å². The fraction of sp³-hybridized carbons (Fsp3) is 0.300. The van der Waals surface area contributed by atoms with Crippen LogP contribution in [0.25, 0.3) is 10.9 Å². The van der Waals surface area contributed by atoms with Crippen LogP contribution in [0.15, 0.2) is 48.5 Å². The normalized spacial score (nSPS) is 13.4.